The zero-order chi connectivity index (χ0) is 10.4. The fourth-order valence-electron chi connectivity index (χ4n) is 1.71. The second-order valence-electron chi connectivity index (χ2n) is 4.40. The van der Waals surface area contributed by atoms with Gasteiger partial charge in [0, 0.05) is 10.4 Å². The van der Waals surface area contributed by atoms with Gasteiger partial charge < -0.3 is 10.5 Å². The Balaban J connectivity index is 2.38. The molecule has 2 rings (SSSR count). The Hall–Kier alpha value is -0.0900. The average Bonchev–Trinajstić information content (AvgIpc) is 2.29. The minimum atomic E-state index is -0.264. The summed E-state index contributed by atoms with van der Waals surface area (Å²) in [5.41, 5.74) is 5.90. The minimum Gasteiger partial charge on any atom is -0.379 e. The quantitative estimate of drug-likeness (QED) is 0.849. The van der Waals surface area contributed by atoms with Crippen LogP contribution in [0.3, 0.4) is 0 Å². The number of ether oxygens (including phenoxy) is 1. The molecule has 0 radical (unpaired) electrons. The first-order valence-electron chi connectivity index (χ1n) is 4.58. The highest BCUT2D eigenvalue weighted by molar-refractivity contribution is 7.16. The fraction of sp³-hybridized carbons (Fsp3) is 0.600. The van der Waals surface area contributed by atoms with Crippen molar-refractivity contribution < 1.29 is 4.74 Å². The largest absolute Gasteiger partial charge is 0.379 e. The number of rotatable bonds is 2. The Morgan fingerprint density at radius 1 is 1.50 bits per heavy atom. The SMILES string of the molecule is CC(C)(N)C1(c2ccc(Cl)s2)COC1. The molecule has 14 heavy (non-hydrogen) atoms. The summed E-state index contributed by atoms with van der Waals surface area (Å²) in [6.07, 6.45) is 0. The van der Waals surface area contributed by atoms with Crippen molar-refractivity contribution in [3.63, 3.8) is 0 Å². The van der Waals surface area contributed by atoms with Crippen molar-refractivity contribution >= 4 is 22.9 Å². The Morgan fingerprint density at radius 2 is 2.14 bits per heavy atom. The molecule has 0 aromatic carbocycles. The summed E-state index contributed by atoms with van der Waals surface area (Å²) >= 11 is 7.54. The van der Waals surface area contributed by atoms with E-state index in [9.17, 15) is 0 Å². The molecule has 0 bridgehead atoms. The van der Waals surface area contributed by atoms with Gasteiger partial charge in [-0.15, -0.1) is 11.3 Å². The van der Waals surface area contributed by atoms with Gasteiger partial charge in [-0.3, -0.25) is 0 Å². The van der Waals surface area contributed by atoms with Crippen LogP contribution in [0, 0.1) is 0 Å². The van der Waals surface area contributed by atoms with Crippen LogP contribution < -0.4 is 5.73 Å². The molecule has 1 aliphatic heterocycles. The van der Waals surface area contributed by atoms with Gasteiger partial charge in [0.1, 0.15) is 0 Å². The van der Waals surface area contributed by atoms with Gasteiger partial charge in [0.25, 0.3) is 0 Å². The fourth-order valence-corrected chi connectivity index (χ4v) is 3.08. The van der Waals surface area contributed by atoms with Crippen LogP contribution in [0.15, 0.2) is 12.1 Å². The number of nitrogens with two attached hydrogens (primary N) is 1. The van der Waals surface area contributed by atoms with Crippen LogP contribution in [0.25, 0.3) is 0 Å². The van der Waals surface area contributed by atoms with E-state index in [0.29, 0.717) is 13.2 Å². The van der Waals surface area contributed by atoms with E-state index in [1.807, 2.05) is 19.9 Å². The summed E-state index contributed by atoms with van der Waals surface area (Å²) in [6, 6.07) is 3.98. The molecule has 4 heteroatoms. The predicted octanol–water partition coefficient (Wildman–Crippen LogP) is 2.41. The molecule has 0 spiro atoms. The smallest absolute Gasteiger partial charge is 0.0931 e. The van der Waals surface area contributed by atoms with E-state index in [2.05, 4.69) is 6.07 Å². The van der Waals surface area contributed by atoms with Crippen LogP contribution in [-0.2, 0) is 10.2 Å². The van der Waals surface area contributed by atoms with Crippen molar-refractivity contribution in [1.82, 2.24) is 0 Å². The topological polar surface area (TPSA) is 35.2 Å². The third-order valence-electron chi connectivity index (χ3n) is 2.98. The lowest BCUT2D eigenvalue weighted by Crippen LogP contribution is -2.64. The second kappa shape index (κ2) is 3.20. The first kappa shape index (κ1) is 10.4. The third kappa shape index (κ3) is 1.39. The summed E-state index contributed by atoms with van der Waals surface area (Å²) in [7, 11) is 0. The van der Waals surface area contributed by atoms with Gasteiger partial charge in [0.2, 0.25) is 0 Å². The van der Waals surface area contributed by atoms with Gasteiger partial charge in [-0.05, 0) is 26.0 Å². The lowest BCUT2D eigenvalue weighted by Gasteiger charge is -2.50. The van der Waals surface area contributed by atoms with Crippen molar-refractivity contribution in [2.45, 2.75) is 24.8 Å². The molecule has 1 aromatic heterocycles. The maximum atomic E-state index is 6.20. The first-order valence-corrected chi connectivity index (χ1v) is 5.78. The third-order valence-corrected chi connectivity index (χ3v) is 4.41. The molecule has 1 fully saturated rings. The van der Waals surface area contributed by atoms with Crippen molar-refractivity contribution in [3.8, 4) is 0 Å². The number of halogens is 1. The van der Waals surface area contributed by atoms with E-state index in [0.717, 1.165) is 4.34 Å². The molecule has 1 saturated heterocycles. The predicted molar refractivity (Wildman–Crippen MR) is 60.1 cm³/mol. The average molecular weight is 232 g/mol. The Kier molecular flexibility index (Phi) is 2.39. The van der Waals surface area contributed by atoms with E-state index in [4.69, 9.17) is 22.1 Å². The Labute approximate surface area is 93.0 Å². The molecule has 1 aliphatic rings. The van der Waals surface area contributed by atoms with Gasteiger partial charge >= 0.3 is 0 Å². The first-order chi connectivity index (χ1) is 6.46. The molecule has 2 N–H and O–H groups in total. The van der Waals surface area contributed by atoms with Crippen LogP contribution in [0.4, 0.5) is 0 Å². The van der Waals surface area contributed by atoms with Crippen molar-refractivity contribution in [2.75, 3.05) is 13.2 Å². The summed E-state index contributed by atoms with van der Waals surface area (Å²) in [5.74, 6) is 0. The minimum absolute atomic E-state index is 0.0369. The number of hydrogen-bond acceptors (Lipinski definition) is 3. The maximum absolute atomic E-state index is 6.20. The van der Waals surface area contributed by atoms with Gasteiger partial charge in [-0.25, -0.2) is 0 Å². The molecule has 0 atom stereocenters. The van der Waals surface area contributed by atoms with Gasteiger partial charge in [0.15, 0.2) is 0 Å². The molecule has 0 amide bonds. The molecule has 2 heterocycles. The highest BCUT2D eigenvalue weighted by atomic mass is 35.5. The van der Waals surface area contributed by atoms with Crippen LogP contribution in [0.5, 0.6) is 0 Å². The lowest BCUT2D eigenvalue weighted by atomic mass is 9.69. The summed E-state index contributed by atoms with van der Waals surface area (Å²) < 4.78 is 6.13. The zero-order valence-corrected chi connectivity index (χ0v) is 9.91. The normalized spacial score (nSPS) is 20.6. The summed E-state index contributed by atoms with van der Waals surface area (Å²) in [5, 5.41) is 0. The van der Waals surface area contributed by atoms with Crippen molar-refractivity contribution in [3.05, 3.63) is 21.3 Å². The van der Waals surface area contributed by atoms with Crippen LogP contribution in [0.2, 0.25) is 4.34 Å². The summed E-state index contributed by atoms with van der Waals surface area (Å²) in [6.45, 7) is 5.49. The highest BCUT2D eigenvalue weighted by Crippen LogP contribution is 2.44. The maximum Gasteiger partial charge on any atom is 0.0931 e. The van der Waals surface area contributed by atoms with E-state index in [1.54, 1.807) is 11.3 Å². The highest BCUT2D eigenvalue weighted by Gasteiger charge is 2.51. The monoisotopic (exact) mass is 231 g/mol. The van der Waals surface area contributed by atoms with Gasteiger partial charge in [0.05, 0.1) is 23.0 Å². The van der Waals surface area contributed by atoms with E-state index in [1.165, 1.54) is 4.88 Å². The molecule has 1 aromatic rings. The van der Waals surface area contributed by atoms with E-state index in [-0.39, 0.29) is 11.0 Å². The Morgan fingerprint density at radius 3 is 2.43 bits per heavy atom. The zero-order valence-electron chi connectivity index (χ0n) is 8.34. The number of hydrogen-bond donors (Lipinski definition) is 1. The Bertz CT molecular complexity index is 338. The molecular formula is C10H14ClNOS. The molecule has 0 aliphatic carbocycles. The van der Waals surface area contributed by atoms with Crippen molar-refractivity contribution in [1.29, 1.82) is 0 Å². The number of thiophene rings is 1. The second-order valence-corrected chi connectivity index (χ2v) is 6.12. The van der Waals surface area contributed by atoms with E-state index >= 15 is 0 Å². The summed E-state index contributed by atoms with van der Waals surface area (Å²) in [4.78, 5) is 1.24. The van der Waals surface area contributed by atoms with Crippen molar-refractivity contribution in [2.24, 2.45) is 5.73 Å². The molecule has 0 unspecified atom stereocenters. The van der Waals surface area contributed by atoms with E-state index < -0.39 is 0 Å². The molecular weight excluding hydrogens is 218 g/mol. The van der Waals surface area contributed by atoms with Crippen LogP contribution >= 0.6 is 22.9 Å². The van der Waals surface area contributed by atoms with Crippen LogP contribution in [0.1, 0.15) is 18.7 Å². The molecule has 2 nitrogen and oxygen atoms in total. The van der Waals surface area contributed by atoms with Gasteiger partial charge in [-0.2, -0.15) is 0 Å². The molecule has 78 valence electrons. The standard InChI is InChI=1S/C10H14ClNOS/c1-9(2,12)10(5-13-6-10)7-3-4-8(11)14-7/h3-4H,5-6,12H2,1-2H3. The van der Waals surface area contributed by atoms with Crippen LogP contribution in [-0.4, -0.2) is 18.8 Å². The lowest BCUT2D eigenvalue weighted by molar-refractivity contribution is -0.0899. The van der Waals surface area contributed by atoms with Gasteiger partial charge in [-0.1, -0.05) is 11.6 Å². The molecule has 0 saturated carbocycles.